The molecule has 0 saturated heterocycles. The van der Waals surface area contributed by atoms with E-state index in [1.54, 1.807) is 32.9 Å². The minimum atomic E-state index is -0.935. The van der Waals surface area contributed by atoms with Gasteiger partial charge in [-0.05, 0) is 38.5 Å². The predicted molar refractivity (Wildman–Crippen MR) is 79.7 cm³/mol. The van der Waals surface area contributed by atoms with Crippen molar-refractivity contribution in [2.24, 2.45) is 0 Å². The van der Waals surface area contributed by atoms with Crippen molar-refractivity contribution in [3.8, 4) is 5.75 Å². The summed E-state index contributed by atoms with van der Waals surface area (Å²) in [6.45, 7) is 5.12. The third kappa shape index (κ3) is 6.19. The number of benzene rings is 1. The van der Waals surface area contributed by atoms with Crippen LogP contribution in [0.5, 0.6) is 5.75 Å². The first-order valence-electron chi connectivity index (χ1n) is 6.70. The standard InChI is InChI=1S/C15H19N3O4/c1-15(2,3)22-14(21)18-12(13(20)9-17-16)8-10-4-6-11(19)7-5-10/h4-7,9,12,19H,8H2,1-3H3,(H,18,21)/t12-/m0/s1. The number of ketones is 1. The number of phenols is 1. The molecule has 0 spiro atoms. The van der Waals surface area contributed by atoms with Crippen LogP contribution in [0.15, 0.2) is 24.3 Å². The fourth-order valence-corrected chi connectivity index (χ4v) is 1.69. The summed E-state index contributed by atoms with van der Waals surface area (Å²) in [7, 11) is 0. The Bertz CT molecular complexity index is 584. The summed E-state index contributed by atoms with van der Waals surface area (Å²) in [5.41, 5.74) is 8.51. The van der Waals surface area contributed by atoms with E-state index < -0.39 is 23.5 Å². The van der Waals surface area contributed by atoms with E-state index in [0.29, 0.717) is 0 Å². The van der Waals surface area contributed by atoms with Crippen molar-refractivity contribution in [3.05, 3.63) is 35.4 Å². The molecule has 0 fully saturated rings. The Labute approximate surface area is 128 Å². The molecule has 0 aliphatic carbocycles. The molecule has 0 aromatic heterocycles. The van der Waals surface area contributed by atoms with Gasteiger partial charge < -0.3 is 20.7 Å². The zero-order chi connectivity index (χ0) is 16.8. The van der Waals surface area contributed by atoms with Crippen LogP contribution in [0.1, 0.15) is 26.3 Å². The fraction of sp³-hybridized carbons (Fsp3) is 0.400. The number of carbonyl (C=O) groups excluding carboxylic acids is 2. The third-order valence-corrected chi connectivity index (χ3v) is 2.60. The smallest absolute Gasteiger partial charge is 0.408 e. The molecule has 1 amide bonds. The highest BCUT2D eigenvalue weighted by molar-refractivity contribution is 6.28. The second kappa shape index (κ2) is 7.38. The van der Waals surface area contributed by atoms with Gasteiger partial charge >= 0.3 is 12.3 Å². The van der Waals surface area contributed by atoms with Gasteiger partial charge in [0.15, 0.2) is 0 Å². The maximum absolute atomic E-state index is 11.9. The normalized spacial score (nSPS) is 12.0. The zero-order valence-electron chi connectivity index (χ0n) is 12.7. The van der Waals surface area contributed by atoms with Gasteiger partial charge in [0.25, 0.3) is 5.78 Å². The van der Waals surface area contributed by atoms with Crippen LogP contribution in [0.3, 0.4) is 0 Å². The van der Waals surface area contributed by atoms with Crippen molar-refractivity contribution in [2.45, 2.75) is 38.8 Å². The Kier molecular flexibility index (Phi) is 5.83. The molecule has 1 atom stereocenters. The first-order chi connectivity index (χ1) is 10.2. The molecule has 0 radical (unpaired) electrons. The van der Waals surface area contributed by atoms with E-state index >= 15 is 0 Å². The van der Waals surface area contributed by atoms with Crippen LogP contribution < -0.4 is 5.32 Å². The third-order valence-electron chi connectivity index (χ3n) is 2.60. The van der Waals surface area contributed by atoms with Crippen LogP contribution in [0.4, 0.5) is 4.79 Å². The summed E-state index contributed by atoms with van der Waals surface area (Å²) in [5.74, 6) is -0.468. The van der Waals surface area contributed by atoms with Crippen molar-refractivity contribution in [1.82, 2.24) is 5.32 Å². The van der Waals surface area contributed by atoms with Gasteiger partial charge in [0, 0.05) is 6.42 Å². The molecule has 1 rings (SSSR count). The minimum Gasteiger partial charge on any atom is -0.508 e. The number of aromatic hydroxyl groups is 1. The Morgan fingerprint density at radius 3 is 2.45 bits per heavy atom. The number of amides is 1. The summed E-state index contributed by atoms with van der Waals surface area (Å²) in [5, 5.41) is 11.7. The van der Waals surface area contributed by atoms with Crippen molar-refractivity contribution >= 4 is 18.1 Å². The molecule has 22 heavy (non-hydrogen) atoms. The molecular weight excluding hydrogens is 286 g/mol. The molecule has 0 bridgehead atoms. The quantitative estimate of drug-likeness (QED) is 0.489. The number of Topliss-reactive ketones (excluding diaryl/α,β-unsaturated/α-hetero) is 1. The molecule has 118 valence electrons. The number of phenolic OH excluding ortho intramolecular Hbond substituents is 1. The Hall–Kier alpha value is -2.66. The molecule has 2 N–H and O–H groups in total. The molecule has 7 nitrogen and oxygen atoms in total. The Balaban J connectivity index is 2.84. The number of hydrogen-bond donors (Lipinski definition) is 2. The van der Waals surface area contributed by atoms with Gasteiger partial charge in [-0.15, -0.1) is 0 Å². The van der Waals surface area contributed by atoms with Crippen LogP contribution in [0.25, 0.3) is 5.53 Å². The van der Waals surface area contributed by atoms with Gasteiger partial charge in [-0.2, -0.15) is 4.79 Å². The average Bonchev–Trinajstić information content (AvgIpc) is 2.38. The number of nitrogens with zero attached hydrogens (tertiary/aromatic N) is 2. The topological polar surface area (TPSA) is 112 Å². The number of hydrogen-bond acceptors (Lipinski definition) is 4. The zero-order valence-corrected chi connectivity index (χ0v) is 12.7. The van der Waals surface area contributed by atoms with Gasteiger partial charge in [0.2, 0.25) is 0 Å². The van der Waals surface area contributed by atoms with Gasteiger partial charge in [0.05, 0.1) is 0 Å². The molecular formula is C15H19N3O4. The van der Waals surface area contributed by atoms with Crippen LogP contribution in [-0.2, 0) is 16.0 Å². The van der Waals surface area contributed by atoms with E-state index in [1.165, 1.54) is 12.1 Å². The van der Waals surface area contributed by atoms with E-state index in [4.69, 9.17) is 10.3 Å². The monoisotopic (exact) mass is 305 g/mol. The molecule has 1 aromatic carbocycles. The fourth-order valence-electron chi connectivity index (χ4n) is 1.69. The summed E-state index contributed by atoms with van der Waals surface area (Å²) in [4.78, 5) is 26.4. The molecule has 7 heteroatoms. The maximum Gasteiger partial charge on any atom is 0.408 e. The van der Waals surface area contributed by atoms with Crippen molar-refractivity contribution in [1.29, 1.82) is 0 Å². The number of rotatable bonds is 5. The van der Waals surface area contributed by atoms with Gasteiger partial charge in [-0.3, -0.25) is 4.79 Å². The Morgan fingerprint density at radius 2 is 1.95 bits per heavy atom. The second-order valence-electron chi connectivity index (χ2n) is 5.72. The van der Waals surface area contributed by atoms with Crippen molar-refractivity contribution in [3.63, 3.8) is 0 Å². The van der Waals surface area contributed by atoms with Crippen LogP contribution in [-0.4, -0.2) is 39.6 Å². The number of alkyl carbamates (subject to hydrolysis) is 1. The summed E-state index contributed by atoms with van der Waals surface area (Å²) >= 11 is 0. The first kappa shape index (κ1) is 17.4. The highest BCUT2D eigenvalue weighted by atomic mass is 16.6. The van der Waals surface area contributed by atoms with Crippen LogP contribution in [0, 0.1) is 0 Å². The minimum absolute atomic E-state index is 0.101. The van der Waals surface area contributed by atoms with Crippen molar-refractivity contribution in [2.75, 3.05) is 0 Å². The first-order valence-corrected chi connectivity index (χ1v) is 6.70. The van der Waals surface area contributed by atoms with E-state index in [2.05, 4.69) is 10.1 Å². The van der Waals surface area contributed by atoms with E-state index in [1.807, 2.05) is 0 Å². The van der Waals surface area contributed by atoms with Gasteiger partial charge in [-0.25, -0.2) is 4.79 Å². The lowest BCUT2D eigenvalue weighted by atomic mass is 10.0. The number of carbonyl (C=O) groups is 2. The molecule has 1 aromatic rings. The van der Waals surface area contributed by atoms with E-state index in [-0.39, 0.29) is 12.2 Å². The molecule has 0 aliphatic rings. The molecule has 0 heterocycles. The SMILES string of the molecule is CC(C)(C)OC(=O)N[C@@H](Cc1ccc(O)cc1)C(=O)C=[N+]=[N-]. The van der Waals surface area contributed by atoms with Crippen molar-refractivity contribution < 1.29 is 24.2 Å². The lowest BCUT2D eigenvalue weighted by molar-refractivity contribution is -0.118. The summed E-state index contributed by atoms with van der Waals surface area (Å²) in [6, 6.07) is 5.27. The molecule has 0 unspecified atom stereocenters. The van der Waals surface area contributed by atoms with E-state index in [9.17, 15) is 14.7 Å². The van der Waals surface area contributed by atoms with Crippen LogP contribution >= 0.6 is 0 Å². The Morgan fingerprint density at radius 1 is 1.36 bits per heavy atom. The van der Waals surface area contributed by atoms with E-state index in [0.717, 1.165) is 11.8 Å². The average molecular weight is 305 g/mol. The number of ether oxygens (including phenoxy) is 1. The predicted octanol–water partition coefficient (Wildman–Crippen LogP) is 1.70. The lowest BCUT2D eigenvalue weighted by Crippen LogP contribution is -2.45. The largest absolute Gasteiger partial charge is 0.508 e. The lowest BCUT2D eigenvalue weighted by Gasteiger charge is -2.22. The summed E-state index contributed by atoms with van der Waals surface area (Å²) < 4.78 is 5.10. The maximum atomic E-state index is 11.9. The number of nitrogens with one attached hydrogen (secondary N) is 1. The van der Waals surface area contributed by atoms with Gasteiger partial charge in [0.1, 0.15) is 17.4 Å². The molecule has 0 saturated carbocycles. The highest BCUT2D eigenvalue weighted by Crippen LogP contribution is 2.12. The second-order valence-corrected chi connectivity index (χ2v) is 5.72. The van der Waals surface area contributed by atoms with Gasteiger partial charge in [-0.1, -0.05) is 12.1 Å². The molecule has 0 aliphatic heterocycles. The van der Waals surface area contributed by atoms with Crippen LogP contribution in [0.2, 0.25) is 0 Å². The summed E-state index contributed by atoms with van der Waals surface area (Å²) in [6.07, 6.45) is 0.156. The highest BCUT2D eigenvalue weighted by Gasteiger charge is 2.25.